The molecule has 1 heterocycles. The van der Waals surface area contributed by atoms with Crippen LogP contribution < -0.4 is 5.32 Å². The van der Waals surface area contributed by atoms with Crippen LogP contribution in [0.15, 0.2) is 48.5 Å². The van der Waals surface area contributed by atoms with Crippen molar-refractivity contribution in [1.82, 2.24) is 4.31 Å². The summed E-state index contributed by atoms with van der Waals surface area (Å²) in [5, 5.41) is 2.72. The molecule has 1 saturated carbocycles. The van der Waals surface area contributed by atoms with Crippen molar-refractivity contribution >= 4 is 21.6 Å². The molecule has 1 amide bonds. The number of amides is 1. The molecule has 148 valence electrons. The van der Waals surface area contributed by atoms with Gasteiger partial charge in [0, 0.05) is 24.7 Å². The summed E-state index contributed by atoms with van der Waals surface area (Å²) in [6, 6.07) is 13.6. The van der Waals surface area contributed by atoms with Gasteiger partial charge in [-0.15, -0.1) is 0 Å². The minimum absolute atomic E-state index is 0.0973. The molecule has 2 aromatic rings. The number of hydrogen-bond acceptors (Lipinski definition) is 3. The van der Waals surface area contributed by atoms with Gasteiger partial charge in [-0.25, -0.2) is 17.1 Å². The average molecular weight is 402 g/mol. The van der Waals surface area contributed by atoms with E-state index < -0.39 is 10.0 Å². The molecule has 1 aliphatic heterocycles. The second kappa shape index (κ2) is 7.64. The maximum absolute atomic E-state index is 13.5. The summed E-state index contributed by atoms with van der Waals surface area (Å²) in [6.07, 6.45) is 2.57. The number of piperidine rings is 1. The third-order valence-corrected chi connectivity index (χ3v) is 7.82. The van der Waals surface area contributed by atoms with Crippen molar-refractivity contribution < 1.29 is 17.6 Å². The molecule has 7 heteroatoms. The first-order valence-corrected chi connectivity index (χ1v) is 11.1. The molecule has 0 atom stereocenters. The highest BCUT2D eigenvalue weighted by molar-refractivity contribution is 7.90. The van der Waals surface area contributed by atoms with Gasteiger partial charge < -0.3 is 5.32 Å². The molecule has 1 aliphatic carbocycles. The minimum Gasteiger partial charge on any atom is -0.326 e. The first-order chi connectivity index (χ1) is 13.4. The number of nitrogens with zero attached hydrogens (tertiary/aromatic N) is 1. The number of benzene rings is 2. The highest BCUT2D eigenvalue weighted by Gasteiger charge is 2.41. The Morgan fingerprint density at radius 1 is 0.964 bits per heavy atom. The summed E-state index contributed by atoms with van der Waals surface area (Å²) in [5.41, 5.74) is 2.22. The molecule has 28 heavy (non-hydrogen) atoms. The number of nitrogens with one attached hydrogen (secondary N) is 1. The first-order valence-electron chi connectivity index (χ1n) is 9.59. The highest BCUT2D eigenvalue weighted by Crippen LogP contribution is 2.33. The molecule has 0 unspecified atom stereocenters. The van der Waals surface area contributed by atoms with E-state index in [-0.39, 0.29) is 22.9 Å². The number of rotatable bonds is 5. The number of sulfonamides is 1. The van der Waals surface area contributed by atoms with Crippen molar-refractivity contribution in [1.29, 1.82) is 0 Å². The fraction of sp³-hybridized carbons (Fsp3) is 0.381. The van der Waals surface area contributed by atoms with Gasteiger partial charge in [-0.05, 0) is 61.1 Å². The molecular formula is C21H23FN2O3S. The fourth-order valence-electron chi connectivity index (χ4n) is 3.64. The Bertz CT molecular complexity index is 981. The van der Waals surface area contributed by atoms with Crippen LogP contribution in [0.2, 0.25) is 0 Å². The molecule has 0 radical (unpaired) electrons. The maximum atomic E-state index is 13.5. The fourth-order valence-corrected chi connectivity index (χ4v) is 5.51. The normalized spacial score (nSPS) is 18.8. The van der Waals surface area contributed by atoms with Crippen molar-refractivity contribution in [2.75, 3.05) is 18.4 Å². The largest absolute Gasteiger partial charge is 0.326 e. The molecule has 1 N–H and O–H groups in total. The van der Waals surface area contributed by atoms with Crippen LogP contribution in [0.1, 0.15) is 25.7 Å². The van der Waals surface area contributed by atoms with Crippen molar-refractivity contribution in [3.63, 3.8) is 0 Å². The van der Waals surface area contributed by atoms with Gasteiger partial charge in [0.15, 0.2) is 0 Å². The van der Waals surface area contributed by atoms with Crippen LogP contribution in [-0.2, 0) is 14.8 Å². The summed E-state index contributed by atoms with van der Waals surface area (Å²) >= 11 is 0. The lowest BCUT2D eigenvalue weighted by Crippen LogP contribution is -2.42. The Kier molecular flexibility index (Phi) is 5.21. The summed E-state index contributed by atoms with van der Waals surface area (Å²) in [4.78, 5) is 12.6. The van der Waals surface area contributed by atoms with E-state index in [0.717, 1.165) is 24.0 Å². The average Bonchev–Trinajstić information content (AvgIpc) is 3.54. The van der Waals surface area contributed by atoms with E-state index in [0.29, 0.717) is 31.6 Å². The van der Waals surface area contributed by atoms with Crippen LogP contribution >= 0.6 is 0 Å². The van der Waals surface area contributed by atoms with E-state index in [1.165, 1.54) is 12.1 Å². The van der Waals surface area contributed by atoms with Crippen molar-refractivity contribution in [2.24, 2.45) is 5.92 Å². The molecule has 2 aromatic carbocycles. The Balaban J connectivity index is 1.39. The van der Waals surface area contributed by atoms with E-state index in [1.54, 1.807) is 16.4 Å². The van der Waals surface area contributed by atoms with Gasteiger partial charge in [-0.1, -0.05) is 24.3 Å². The molecule has 0 spiro atoms. The lowest BCUT2D eigenvalue weighted by atomic mass is 9.97. The summed E-state index contributed by atoms with van der Waals surface area (Å²) in [6.45, 7) is 0.806. The molecule has 5 nitrogen and oxygen atoms in total. The van der Waals surface area contributed by atoms with Gasteiger partial charge in [-0.3, -0.25) is 4.79 Å². The van der Waals surface area contributed by atoms with Gasteiger partial charge in [0.2, 0.25) is 15.9 Å². The number of anilines is 1. The lowest BCUT2D eigenvalue weighted by Gasteiger charge is -2.30. The van der Waals surface area contributed by atoms with E-state index in [9.17, 15) is 17.6 Å². The van der Waals surface area contributed by atoms with E-state index in [1.807, 2.05) is 24.3 Å². The van der Waals surface area contributed by atoms with Crippen LogP contribution in [-0.4, -0.2) is 37.0 Å². The minimum atomic E-state index is -3.17. The maximum Gasteiger partial charge on any atom is 0.227 e. The zero-order chi connectivity index (χ0) is 19.7. The predicted octanol–water partition coefficient (Wildman–Crippen LogP) is 3.64. The molecule has 1 saturated heterocycles. The number of carbonyl (C=O) groups excluding carboxylic acids is 1. The SMILES string of the molecule is O=C(Nc1cccc(-c2cccc(F)c2)c1)C1CCN(S(=O)(=O)C2CC2)CC1. The summed E-state index contributed by atoms with van der Waals surface area (Å²) in [5.74, 6) is -0.608. The first kappa shape index (κ1) is 19.1. The standard InChI is InChI=1S/C21H23FN2O3S/c22-18-5-1-3-16(13-18)17-4-2-6-19(14-17)23-21(25)15-9-11-24(12-10-15)28(26,27)20-7-8-20/h1-6,13-15,20H,7-12H2,(H,23,25). The van der Waals surface area contributed by atoms with E-state index in [2.05, 4.69) is 5.32 Å². The molecule has 0 bridgehead atoms. The molecule has 4 rings (SSSR count). The van der Waals surface area contributed by atoms with Gasteiger partial charge in [0.1, 0.15) is 5.82 Å². The van der Waals surface area contributed by atoms with Crippen molar-refractivity contribution in [2.45, 2.75) is 30.9 Å². The summed E-state index contributed by atoms with van der Waals surface area (Å²) in [7, 11) is -3.17. The Morgan fingerprint density at radius 3 is 2.25 bits per heavy atom. The van der Waals surface area contributed by atoms with Crippen LogP contribution in [0.3, 0.4) is 0 Å². The van der Waals surface area contributed by atoms with Crippen molar-refractivity contribution in [3.8, 4) is 11.1 Å². The quantitative estimate of drug-likeness (QED) is 0.830. The third-order valence-electron chi connectivity index (χ3n) is 5.42. The molecular weight excluding hydrogens is 379 g/mol. The topological polar surface area (TPSA) is 66.5 Å². The number of hydrogen-bond donors (Lipinski definition) is 1. The van der Waals surface area contributed by atoms with Gasteiger partial charge >= 0.3 is 0 Å². The number of carbonyl (C=O) groups is 1. The van der Waals surface area contributed by atoms with Crippen LogP contribution in [0.5, 0.6) is 0 Å². The van der Waals surface area contributed by atoms with E-state index in [4.69, 9.17) is 0 Å². The smallest absolute Gasteiger partial charge is 0.227 e. The van der Waals surface area contributed by atoms with Gasteiger partial charge in [0.25, 0.3) is 0 Å². The van der Waals surface area contributed by atoms with Crippen molar-refractivity contribution in [3.05, 3.63) is 54.3 Å². The highest BCUT2D eigenvalue weighted by atomic mass is 32.2. The molecule has 2 aliphatic rings. The zero-order valence-electron chi connectivity index (χ0n) is 15.5. The number of halogens is 1. The Labute approximate surface area is 164 Å². The molecule has 2 fully saturated rings. The predicted molar refractivity (Wildman–Crippen MR) is 107 cm³/mol. The van der Waals surface area contributed by atoms with Gasteiger partial charge in [-0.2, -0.15) is 0 Å². The third kappa shape index (κ3) is 4.10. The lowest BCUT2D eigenvalue weighted by molar-refractivity contribution is -0.120. The van der Waals surface area contributed by atoms with Crippen LogP contribution in [0.25, 0.3) is 11.1 Å². The van der Waals surface area contributed by atoms with Crippen LogP contribution in [0.4, 0.5) is 10.1 Å². The zero-order valence-corrected chi connectivity index (χ0v) is 16.3. The molecule has 0 aromatic heterocycles. The summed E-state index contributed by atoms with van der Waals surface area (Å²) < 4.78 is 39.6. The monoisotopic (exact) mass is 402 g/mol. The van der Waals surface area contributed by atoms with Gasteiger partial charge in [0.05, 0.1) is 5.25 Å². The Morgan fingerprint density at radius 2 is 1.61 bits per heavy atom. The van der Waals surface area contributed by atoms with Crippen LogP contribution in [0, 0.1) is 11.7 Å². The second-order valence-corrected chi connectivity index (χ2v) is 9.71. The van der Waals surface area contributed by atoms with E-state index >= 15 is 0 Å². The second-order valence-electron chi connectivity index (χ2n) is 7.50. The Hall–Kier alpha value is -2.25.